The van der Waals surface area contributed by atoms with Gasteiger partial charge in [-0.1, -0.05) is 13.8 Å². The number of hydrogen-bond donors (Lipinski definition) is 1. The average molecular weight is 238 g/mol. The third kappa shape index (κ3) is 2.30. The molecule has 16 heavy (non-hydrogen) atoms. The number of fused-ring (bicyclic) bond motifs is 1. The van der Waals surface area contributed by atoms with Crippen molar-refractivity contribution in [2.45, 2.75) is 51.4 Å². The van der Waals surface area contributed by atoms with Gasteiger partial charge in [-0.15, -0.1) is 11.3 Å². The van der Waals surface area contributed by atoms with Crippen LogP contribution in [0.1, 0.15) is 60.5 Å². The summed E-state index contributed by atoms with van der Waals surface area (Å²) >= 11 is 1.96. The predicted octanol–water partition coefficient (Wildman–Crippen LogP) is 3.30. The normalized spacial score (nSPS) is 21.8. The minimum atomic E-state index is 0.630. The maximum atomic E-state index is 4.90. The van der Waals surface area contributed by atoms with Gasteiger partial charge in [0.05, 0.1) is 10.7 Å². The maximum absolute atomic E-state index is 4.90. The first-order valence-electron chi connectivity index (χ1n) is 6.40. The van der Waals surface area contributed by atoms with Gasteiger partial charge in [0.15, 0.2) is 0 Å². The summed E-state index contributed by atoms with van der Waals surface area (Å²) < 4.78 is 0. The van der Waals surface area contributed by atoms with E-state index in [-0.39, 0.29) is 0 Å². The molecule has 2 unspecified atom stereocenters. The molecule has 0 fully saturated rings. The zero-order valence-electron chi connectivity index (χ0n) is 10.5. The highest BCUT2D eigenvalue weighted by molar-refractivity contribution is 7.11. The second-order valence-corrected chi connectivity index (χ2v) is 5.93. The molecule has 0 spiro atoms. The van der Waals surface area contributed by atoms with Crippen molar-refractivity contribution in [1.29, 1.82) is 0 Å². The van der Waals surface area contributed by atoms with Crippen LogP contribution < -0.4 is 5.32 Å². The van der Waals surface area contributed by atoms with Crippen LogP contribution in [0.25, 0.3) is 0 Å². The van der Waals surface area contributed by atoms with Gasteiger partial charge in [0.25, 0.3) is 0 Å². The second-order valence-electron chi connectivity index (χ2n) is 4.82. The Morgan fingerprint density at radius 1 is 1.56 bits per heavy atom. The highest BCUT2D eigenvalue weighted by atomic mass is 32.1. The van der Waals surface area contributed by atoms with Crippen molar-refractivity contribution in [3.05, 3.63) is 15.6 Å². The monoisotopic (exact) mass is 238 g/mol. The van der Waals surface area contributed by atoms with Gasteiger partial charge >= 0.3 is 0 Å². The number of aromatic nitrogens is 1. The second kappa shape index (κ2) is 5.28. The number of aryl methyl sites for hydroxylation is 1. The van der Waals surface area contributed by atoms with Crippen molar-refractivity contribution in [3.63, 3.8) is 0 Å². The Balaban J connectivity index is 2.23. The van der Waals surface area contributed by atoms with Crippen LogP contribution in [0.4, 0.5) is 0 Å². The van der Waals surface area contributed by atoms with E-state index in [1.54, 1.807) is 4.88 Å². The van der Waals surface area contributed by atoms with Gasteiger partial charge in [-0.2, -0.15) is 0 Å². The summed E-state index contributed by atoms with van der Waals surface area (Å²) in [6.45, 7) is 5.62. The molecule has 0 saturated carbocycles. The molecule has 0 amide bonds. The van der Waals surface area contributed by atoms with Crippen molar-refractivity contribution in [2.75, 3.05) is 13.6 Å². The molecule has 2 nitrogen and oxygen atoms in total. The number of thiazole rings is 1. The topological polar surface area (TPSA) is 24.9 Å². The van der Waals surface area contributed by atoms with Gasteiger partial charge in [0.2, 0.25) is 0 Å². The Kier molecular flexibility index (Phi) is 3.98. The lowest BCUT2D eigenvalue weighted by Gasteiger charge is -2.20. The van der Waals surface area contributed by atoms with E-state index in [4.69, 9.17) is 4.98 Å². The van der Waals surface area contributed by atoms with Crippen LogP contribution >= 0.6 is 11.3 Å². The highest BCUT2D eigenvalue weighted by Gasteiger charge is 2.25. The van der Waals surface area contributed by atoms with Crippen LogP contribution in [0.3, 0.4) is 0 Å². The summed E-state index contributed by atoms with van der Waals surface area (Å²) in [6.07, 6.45) is 5.09. The molecule has 0 aromatic carbocycles. The molecule has 2 rings (SSSR count). The molecule has 3 heteroatoms. The van der Waals surface area contributed by atoms with Gasteiger partial charge in [0.1, 0.15) is 0 Å². The summed E-state index contributed by atoms with van der Waals surface area (Å²) in [5.74, 6) is 1.29. The maximum Gasteiger partial charge on any atom is 0.0959 e. The largest absolute Gasteiger partial charge is 0.319 e. The Bertz CT molecular complexity index is 346. The minimum absolute atomic E-state index is 0.630. The van der Waals surface area contributed by atoms with Gasteiger partial charge < -0.3 is 5.32 Å². The number of hydrogen-bond acceptors (Lipinski definition) is 3. The highest BCUT2D eigenvalue weighted by Crippen LogP contribution is 2.37. The number of nitrogens with one attached hydrogen (secondary N) is 1. The molecule has 90 valence electrons. The van der Waals surface area contributed by atoms with Crippen molar-refractivity contribution in [3.8, 4) is 0 Å². The van der Waals surface area contributed by atoms with Crippen LogP contribution in [0.5, 0.6) is 0 Å². The van der Waals surface area contributed by atoms with Crippen molar-refractivity contribution >= 4 is 11.3 Å². The van der Waals surface area contributed by atoms with Crippen LogP contribution in [-0.2, 0) is 6.42 Å². The minimum Gasteiger partial charge on any atom is -0.319 e. The molecular formula is C13H22N2S. The van der Waals surface area contributed by atoms with E-state index in [0.717, 1.165) is 6.54 Å². The molecule has 1 aliphatic carbocycles. The van der Waals surface area contributed by atoms with Crippen LogP contribution in [0.2, 0.25) is 0 Å². The van der Waals surface area contributed by atoms with E-state index < -0.39 is 0 Å². The SMILES string of the molecule is CCC(C)c1nc2c(s1)CCCC2CNC. The smallest absolute Gasteiger partial charge is 0.0959 e. The Labute approximate surface area is 102 Å². The van der Waals surface area contributed by atoms with Gasteiger partial charge in [0, 0.05) is 23.3 Å². The van der Waals surface area contributed by atoms with Crippen LogP contribution in [0, 0.1) is 0 Å². The fourth-order valence-corrected chi connectivity index (χ4v) is 3.68. The zero-order valence-corrected chi connectivity index (χ0v) is 11.4. The summed E-state index contributed by atoms with van der Waals surface area (Å²) in [5.41, 5.74) is 1.40. The quantitative estimate of drug-likeness (QED) is 0.870. The van der Waals surface area contributed by atoms with Crippen LogP contribution in [-0.4, -0.2) is 18.6 Å². The Hall–Kier alpha value is -0.410. The fourth-order valence-electron chi connectivity index (χ4n) is 2.36. The van der Waals surface area contributed by atoms with Crippen molar-refractivity contribution < 1.29 is 0 Å². The summed E-state index contributed by atoms with van der Waals surface area (Å²) in [6, 6.07) is 0. The Morgan fingerprint density at radius 2 is 2.38 bits per heavy atom. The average Bonchev–Trinajstić information content (AvgIpc) is 2.73. The lowest BCUT2D eigenvalue weighted by atomic mass is 9.91. The first-order chi connectivity index (χ1) is 7.76. The molecule has 0 saturated heterocycles. The predicted molar refractivity (Wildman–Crippen MR) is 70.4 cm³/mol. The molecule has 1 aromatic heterocycles. The fraction of sp³-hybridized carbons (Fsp3) is 0.769. The van der Waals surface area contributed by atoms with E-state index >= 15 is 0 Å². The van der Waals surface area contributed by atoms with E-state index in [9.17, 15) is 0 Å². The molecular weight excluding hydrogens is 216 g/mol. The molecule has 0 aliphatic heterocycles. The third-order valence-corrected chi connectivity index (χ3v) is 4.93. The van der Waals surface area contributed by atoms with Gasteiger partial charge in [-0.25, -0.2) is 4.98 Å². The lowest BCUT2D eigenvalue weighted by molar-refractivity contribution is 0.520. The van der Waals surface area contributed by atoms with Gasteiger partial charge in [-0.3, -0.25) is 0 Å². The standard InChI is InChI=1S/C13H22N2S/c1-4-9(2)13-15-12-10(8-14-3)6-5-7-11(12)16-13/h9-10,14H,4-8H2,1-3H3. The molecule has 1 aromatic rings. The van der Waals surface area contributed by atoms with E-state index in [1.165, 1.54) is 36.4 Å². The zero-order chi connectivity index (χ0) is 11.5. The first-order valence-corrected chi connectivity index (χ1v) is 7.22. The summed E-state index contributed by atoms with van der Waals surface area (Å²) in [5, 5.41) is 4.65. The molecule has 1 aliphatic rings. The molecule has 2 atom stereocenters. The Morgan fingerprint density at radius 3 is 3.06 bits per heavy atom. The van der Waals surface area contributed by atoms with E-state index in [0.29, 0.717) is 11.8 Å². The molecule has 0 radical (unpaired) electrons. The van der Waals surface area contributed by atoms with E-state index in [1.807, 2.05) is 18.4 Å². The van der Waals surface area contributed by atoms with Crippen molar-refractivity contribution in [2.24, 2.45) is 0 Å². The van der Waals surface area contributed by atoms with Crippen LogP contribution in [0.15, 0.2) is 0 Å². The van der Waals surface area contributed by atoms with Gasteiger partial charge in [-0.05, 0) is 32.7 Å². The number of nitrogens with zero attached hydrogens (tertiary/aromatic N) is 1. The summed E-state index contributed by atoms with van der Waals surface area (Å²) in [7, 11) is 2.04. The molecule has 1 N–H and O–H groups in total. The van der Waals surface area contributed by atoms with Crippen molar-refractivity contribution in [1.82, 2.24) is 10.3 Å². The molecule has 1 heterocycles. The number of likely N-dealkylation sites (N-methyl/N-ethyl adjacent to an activating group) is 1. The molecule has 0 bridgehead atoms. The summed E-state index contributed by atoms with van der Waals surface area (Å²) in [4.78, 5) is 6.46. The van der Waals surface area contributed by atoms with E-state index in [2.05, 4.69) is 19.2 Å². The number of rotatable bonds is 4. The lowest BCUT2D eigenvalue weighted by Crippen LogP contribution is -2.21. The third-order valence-electron chi connectivity index (χ3n) is 3.57. The first kappa shape index (κ1) is 12.1.